The molecule has 0 aromatic carbocycles. The number of aliphatic hydroxyl groups is 2. The summed E-state index contributed by atoms with van der Waals surface area (Å²) in [5.41, 5.74) is 0. The highest BCUT2D eigenvalue weighted by Gasteiger charge is 2.02. The highest BCUT2D eigenvalue weighted by Crippen LogP contribution is 2.22. The Balaban J connectivity index is 3.09. The number of aliphatic hydroxyl groups excluding tert-OH is 2. The molecule has 0 amide bonds. The molecule has 2 N–H and O–H groups in total. The molecule has 0 saturated carbocycles. The lowest BCUT2D eigenvalue weighted by Gasteiger charge is -2.09. The van der Waals surface area contributed by atoms with E-state index in [4.69, 9.17) is 151 Å². The van der Waals surface area contributed by atoms with Crippen LogP contribution < -0.4 is 0 Å². The first-order chi connectivity index (χ1) is 46.9. The molecule has 0 aliphatic rings. The van der Waals surface area contributed by atoms with Crippen LogP contribution in [0.5, 0.6) is 0 Å². The Kier molecular flexibility index (Phi) is 91.8. The van der Waals surface area contributed by atoms with Gasteiger partial charge in [0.2, 0.25) is 0 Å². The quantitative estimate of drug-likeness (QED) is 0.0480. The van der Waals surface area contributed by atoms with Gasteiger partial charge >= 0.3 is 0 Å². The van der Waals surface area contributed by atoms with Crippen LogP contribution in [0, 0.1) is 0 Å². The van der Waals surface area contributed by atoms with Gasteiger partial charge in [0, 0.05) is 0 Å². The highest BCUT2D eigenvalue weighted by molar-refractivity contribution is 8.73. The Bertz CT molecular complexity index is 1210. The van der Waals surface area contributed by atoms with Gasteiger partial charge in [-0.3, -0.25) is 0 Å². The zero-order chi connectivity index (χ0) is 67.1. The van der Waals surface area contributed by atoms with Crippen molar-refractivity contribution in [3.05, 3.63) is 0 Å². The largest absolute Gasteiger partial charge is 0.394 e. The Labute approximate surface area is 567 Å². The van der Waals surface area contributed by atoms with Gasteiger partial charge in [0.1, 0.15) is 0 Å². The lowest BCUT2D eigenvalue weighted by atomic mass is 10.6. The second-order valence-corrected chi connectivity index (χ2v) is 19.9. The first kappa shape index (κ1) is 93.4. The zero-order valence-corrected chi connectivity index (χ0v) is 58.0. The molecular weight excluding hydrogens is 1300 g/mol. The lowest BCUT2D eigenvalue weighted by Crippen LogP contribution is -2.15. The van der Waals surface area contributed by atoms with Crippen molar-refractivity contribution in [2.75, 3.05) is 396 Å². The maximum absolute atomic E-state index is 8.62. The van der Waals surface area contributed by atoms with Gasteiger partial charge in [0.15, 0.2) is 0 Å². The zero-order valence-electron chi connectivity index (χ0n) is 56.4. The predicted molar refractivity (Wildman–Crippen MR) is 344 cm³/mol. The molecule has 34 heteroatoms. The summed E-state index contributed by atoms with van der Waals surface area (Å²) in [7, 11) is 0. The fourth-order valence-electron chi connectivity index (χ4n) is 6.34. The summed E-state index contributed by atoms with van der Waals surface area (Å²) in [6.45, 7) is 27.4. The van der Waals surface area contributed by atoms with Gasteiger partial charge in [-0.15, -0.1) is 0 Å². The van der Waals surface area contributed by atoms with Crippen LogP contribution in [0.15, 0.2) is 0 Å². The number of ether oxygens (including phenoxy) is 28. The van der Waals surface area contributed by atoms with Crippen molar-refractivity contribution >= 4 is 22.1 Å². The third-order valence-electron chi connectivity index (χ3n) is 10.9. The topological polar surface area (TPSA) is 317 Å². The molecule has 0 aliphatic carbocycles. The molecule has 0 spiro atoms. The van der Waals surface area contributed by atoms with E-state index in [1.54, 1.807) is 0 Å². The summed E-state index contributed by atoms with van der Waals surface area (Å²) >= 11 is 2.29. The molecule has 0 saturated heterocycles. The van der Waals surface area contributed by atoms with Gasteiger partial charge in [0.05, 0.1) is 419 Å². The van der Waals surface area contributed by atoms with E-state index in [0.29, 0.717) is 383 Å². The van der Waals surface area contributed by atoms with Crippen molar-refractivity contribution in [2.45, 2.75) is 0 Å². The molecule has 0 fully saturated rings. The maximum Gasteiger partial charge on any atom is 0.0926 e. The van der Waals surface area contributed by atoms with Gasteiger partial charge in [-0.05, 0) is 0 Å². The molecule has 94 heavy (non-hydrogen) atoms. The summed E-state index contributed by atoms with van der Waals surface area (Å²) in [6.07, 6.45) is 0. The molecule has 566 valence electrons. The molecule has 0 atom stereocenters. The monoisotopic (exact) mass is 1420 g/mol. The second kappa shape index (κ2) is 92.4. The van der Waals surface area contributed by atoms with Gasteiger partial charge in [-0.2, -0.15) is 0 Å². The summed E-state index contributed by atoms with van der Waals surface area (Å²) in [4.78, 5) is 0. The van der Waals surface area contributed by atoms with Crippen molar-refractivity contribution < 1.29 is 151 Å². The Morgan fingerprint density at radius 2 is 0.181 bits per heavy atom. The average Bonchev–Trinajstić information content (AvgIpc) is 3.59. The van der Waals surface area contributed by atoms with Crippen LogP contribution in [0.2, 0.25) is 0 Å². The van der Waals surface area contributed by atoms with Crippen molar-refractivity contribution in [3.63, 3.8) is 0 Å². The van der Waals surface area contributed by atoms with Crippen molar-refractivity contribution in [3.8, 4) is 0 Å². The number of hydrogen-bond donors (Lipinski definition) is 2. The van der Waals surface area contributed by atoms with E-state index in [1.165, 1.54) is 0 Å². The molecule has 0 radical (unpaired) electrons. The van der Waals surface area contributed by atoms with E-state index in [1.807, 2.05) is 0 Å². The summed E-state index contributed by atoms with van der Waals surface area (Å²) in [5.74, 6) is 0. The molecule has 0 aromatic rings. The van der Waals surface area contributed by atoms with E-state index in [9.17, 15) is 0 Å². The summed E-state index contributed by atoms with van der Waals surface area (Å²) < 4.78 is 164. The second-order valence-electron chi connectivity index (χ2n) is 18.4. The van der Waals surface area contributed by atoms with Gasteiger partial charge in [-0.25, -0.2) is 0 Å². The standard InChI is InChI=1S/C60H122O32S2/c61-1-3-63-5-7-65-9-11-67-13-15-69-17-19-71-21-23-73-25-27-75-29-31-77-33-35-79-37-39-81-41-43-83-45-47-85-49-51-87-53-55-89-57-59-91-93-94-92-60-58-90-56-54-88-52-50-86-48-46-84-44-42-82-40-38-80-36-34-78-32-30-76-28-26-74-24-22-72-20-18-70-16-14-68-12-10-66-8-6-64-4-2-62/h61-62H,1-60H2. The Morgan fingerprint density at radius 1 is 0.106 bits per heavy atom. The fraction of sp³-hybridized carbons (Fsp3) is 1.00. The minimum Gasteiger partial charge on any atom is -0.394 e. The average molecular weight is 1420 g/mol. The molecular formula is C60H122O32S2. The lowest BCUT2D eigenvalue weighted by molar-refractivity contribution is -0.0298. The number of rotatable bonds is 91. The predicted octanol–water partition coefficient (Wildman–Crippen LogP) is 0.680. The van der Waals surface area contributed by atoms with Crippen LogP contribution in [0.3, 0.4) is 0 Å². The van der Waals surface area contributed by atoms with E-state index in [0.717, 1.165) is 22.1 Å². The SMILES string of the molecule is OCCOCCOCCOCCOCCOCCOCCOCCOCCOCCOCCOCCOCCOCCOCCOSSOCCOCCOCCOCCOCCOCCOCCOCCOCCOCCOCCOCCOCCOCCOCCO. The normalized spacial score (nSPS) is 11.8. The van der Waals surface area contributed by atoms with Crippen LogP contribution in [0.4, 0.5) is 0 Å². The van der Waals surface area contributed by atoms with Gasteiger partial charge in [0.25, 0.3) is 0 Å². The van der Waals surface area contributed by atoms with Gasteiger partial charge in [-0.1, -0.05) is 0 Å². The van der Waals surface area contributed by atoms with Crippen molar-refractivity contribution in [1.82, 2.24) is 0 Å². The first-order valence-corrected chi connectivity index (χ1v) is 34.9. The van der Waals surface area contributed by atoms with Crippen molar-refractivity contribution in [2.24, 2.45) is 0 Å². The summed E-state index contributed by atoms with van der Waals surface area (Å²) in [5, 5.41) is 17.2. The summed E-state index contributed by atoms with van der Waals surface area (Å²) in [6, 6.07) is 0. The number of hydrogen-bond acceptors (Lipinski definition) is 34. The fourth-order valence-corrected chi connectivity index (χ4v) is 7.34. The third kappa shape index (κ3) is 91.4. The molecule has 0 aromatic heterocycles. The minimum atomic E-state index is 0.0159. The van der Waals surface area contributed by atoms with Crippen LogP contribution in [0.1, 0.15) is 0 Å². The Morgan fingerprint density at radius 3 is 0.266 bits per heavy atom. The van der Waals surface area contributed by atoms with E-state index in [-0.39, 0.29) is 13.2 Å². The Hall–Kier alpha value is -0.580. The third-order valence-corrected chi connectivity index (χ3v) is 12.2. The molecule has 0 bridgehead atoms. The van der Waals surface area contributed by atoms with Crippen molar-refractivity contribution in [1.29, 1.82) is 0 Å². The van der Waals surface area contributed by atoms with Crippen LogP contribution >= 0.6 is 22.1 Å². The maximum atomic E-state index is 8.62. The molecule has 0 unspecified atom stereocenters. The molecule has 0 heterocycles. The molecule has 0 rings (SSSR count). The minimum absolute atomic E-state index is 0.0159. The van der Waals surface area contributed by atoms with E-state index < -0.39 is 0 Å². The van der Waals surface area contributed by atoms with E-state index in [2.05, 4.69) is 0 Å². The van der Waals surface area contributed by atoms with Crippen LogP contribution in [-0.2, 0) is 141 Å². The smallest absolute Gasteiger partial charge is 0.0926 e. The molecule has 32 nitrogen and oxygen atoms in total. The van der Waals surface area contributed by atoms with E-state index >= 15 is 0 Å². The van der Waals surface area contributed by atoms with Gasteiger partial charge < -0.3 is 151 Å². The highest BCUT2D eigenvalue weighted by atomic mass is 33.1. The van der Waals surface area contributed by atoms with Crippen LogP contribution in [-0.4, -0.2) is 407 Å². The molecule has 0 aliphatic heterocycles. The van der Waals surface area contributed by atoms with Crippen LogP contribution in [0.25, 0.3) is 0 Å². The first-order valence-electron chi connectivity index (χ1n) is 32.9.